The second-order valence-electron chi connectivity index (χ2n) is 4.99. The number of benzene rings is 1. The van der Waals surface area contributed by atoms with Gasteiger partial charge in [0, 0.05) is 5.54 Å². The first kappa shape index (κ1) is 13.3. The van der Waals surface area contributed by atoms with E-state index in [-0.39, 0.29) is 16.8 Å². The number of carboxylic acid groups (broad SMARTS) is 1. The number of aromatic carboxylic acids is 1. The van der Waals surface area contributed by atoms with Crippen LogP contribution in [0.25, 0.3) is 0 Å². The molecule has 2 rings (SSSR count). The SMILES string of the molecule is CC1(NC(=O)Nc2cc(C(=O)O)ccc2F)CCC1. The molecule has 1 fully saturated rings. The maximum absolute atomic E-state index is 13.5. The Morgan fingerprint density at radius 2 is 2.05 bits per heavy atom. The van der Waals surface area contributed by atoms with Gasteiger partial charge in [0.05, 0.1) is 11.3 Å². The van der Waals surface area contributed by atoms with E-state index in [0.29, 0.717) is 0 Å². The summed E-state index contributed by atoms with van der Waals surface area (Å²) in [5.41, 5.74) is -0.461. The van der Waals surface area contributed by atoms with Crippen LogP contribution in [0.15, 0.2) is 18.2 Å². The second kappa shape index (κ2) is 4.87. The molecule has 0 bridgehead atoms. The predicted molar refractivity (Wildman–Crippen MR) is 67.8 cm³/mol. The number of amides is 2. The lowest BCUT2D eigenvalue weighted by atomic mass is 9.79. The maximum atomic E-state index is 13.5. The smallest absolute Gasteiger partial charge is 0.335 e. The van der Waals surface area contributed by atoms with Crippen LogP contribution in [0.3, 0.4) is 0 Å². The average molecular weight is 266 g/mol. The summed E-state index contributed by atoms with van der Waals surface area (Å²) in [6.07, 6.45) is 2.83. The Morgan fingerprint density at radius 3 is 2.58 bits per heavy atom. The fourth-order valence-electron chi connectivity index (χ4n) is 2.01. The summed E-state index contributed by atoms with van der Waals surface area (Å²) >= 11 is 0. The third kappa shape index (κ3) is 3.01. The second-order valence-corrected chi connectivity index (χ2v) is 4.99. The van der Waals surface area contributed by atoms with Gasteiger partial charge in [0.1, 0.15) is 5.82 Å². The fourth-order valence-corrected chi connectivity index (χ4v) is 2.01. The first-order valence-corrected chi connectivity index (χ1v) is 6.02. The van der Waals surface area contributed by atoms with Crippen LogP contribution in [-0.2, 0) is 0 Å². The summed E-state index contributed by atoms with van der Waals surface area (Å²) in [5.74, 6) is -1.84. The van der Waals surface area contributed by atoms with Crippen molar-refractivity contribution in [3.63, 3.8) is 0 Å². The van der Waals surface area contributed by atoms with Crippen molar-refractivity contribution in [2.75, 3.05) is 5.32 Å². The minimum absolute atomic E-state index is 0.0773. The molecule has 0 heterocycles. The molecule has 1 aromatic carbocycles. The summed E-state index contributed by atoms with van der Waals surface area (Å²) in [6.45, 7) is 1.92. The summed E-state index contributed by atoms with van der Waals surface area (Å²) in [4.78, 5) is 22.5. The van der Waals surface area contributed by atoms with Crippen molar-refractivity contribution < 1.29 is 19.1 Å². The molecule has 0 atom stereocenters. The molecule has 0 saturated heterocycles. The molecular formula is C13H15FN2O3. The lowest BCUT2D eigenvalue weighted by Crippen LogP contribution is -2.52. The summed E-state index contributed by atoms with van der Waals surface area (Å²) in [7, 11) is 0. The van der Waals surface area contributed by atoms with Crippen LogP contribution >= 0.6 is 0 Å². The Hall–Kier alpha value is -2.11. The van der Waals surface area contributed by atoms with Gasteiger partial charge in [-0.1, -0.05) is 0 Å². The van der Waals surface area contributed by atoms with Crippen molar-refractivity contribution in [3.05, 3.63) is 29.6 Å². The lowest BCUT2D eigenvalue weighted by Gasteiger charge is -2.39. The van der Waals surface area contributed by atoms with Gasteiger partial charge in [0.25, 0.3) is 0 Å². The Kier molecular flexibility index (Phi) is 3.42. The van der Waals surface area contributed by atoms with E-state index in [4.69, 9.17) is 5.11 Å². The monoisotopic (exact) mass is 266 g/mol. The average Bonchev–Trinajstić information content (AvgIpc) is 2.29. The molecule has 0 spiro atoms. The first-order chi connectivity index (χ1) is 8.89. The maximum Gasteiger partial charge on any atom is 0.335 e. The molecule has 1 aliphatic rings. The minimum atomic E-state index is -1.17. The zero-order valence-corrected chi connectivity index (χ0v) is 10.5. The Bertz CT molecular complexity index is 527. The highest BCUT2D eigenvalue weighted by molar-refractivity contribution is 5.93. The molecule has 1 saturated carbocycles. The van der Waals surface area contributed by atoms with Crippen LogP contribution < -0.4 is 10.6 Å². The van der Waals surface area contributed by atoms with Crippen molar-refractivity contribution in [2.45, 2.75) is 31.7 Å². The molecule has 3 N–H and O–H groups in total. The van der Waals surface area contributed by atoms with Crippen LogP contribution in [0.1, 0.15) is 36.5 Å². The van der Waals surface area contributed by atoms with Crippen molar-refractivity contribution in [1.82, 2.24) is 5.32 Å². The zero-order valence-electron chi connectivity index (χ0n) is 10.5. The molecule has 0 aromatic heterocycles. The molecule has 0 radical (unpaired) electrons. The number of carboxylic acids is 1. The number of halogens is 1. The van der Waals surface area contributed by atoms with E-state index in [0.717, 1.165) is 37.5 Å². The Morgan fingerprint density at radius 1 is 1.37 bits per heavy atom. The highest BCUT2D eigenvalue weighted by Gasteiger charge is 2.33. The van der Waals surface area contributed by atoms with E-state index in [1.165, 1.54) is 0 Å². The Labute approximate surface area is 109 Å². The molecule has 5 nitrogen and oxygen atoms in total. The molecule has 0 unspecified atom stereocenters. The van der Waals surface area contributed by atoms with Crippen molar-refractivity contribution in [1.29, 1.82) is 0 Å². The molecule has 102 valence electrons. The van der Waals surface area contributed by atoms with Crippen LogP contribution in [0.5, 0.6) is 0 Å². The number of hydrogen-bond donors (Lipinski definition) is 3. The number of urea groups is 1. The number of nitrogens with one attached hydrogen (secondary N) is 2. The van der Waals surface area contributed by atoms with Crippen LogP contribution in [0.2, 0.25) is 0 Å². The summed E-state index contributed by atoms with van der Waals surface area (Å²) in [6, 6.07) is 2.74. The van der Waals surface area contributed by atoms with Gasteiger partial charge in [-0.05, 0) is 44.4 Å². The summed E-state index contributed by atoms with van der Waals surface area (Å²) in [5, 5.41) is 13.9. The van der Waals surface area contributed by atoms with Gasteiger partial charge in [0.2, 0.25) is 0 Å². The van der Waals surface area contributed by atoms with Crippen molar-refractivity contribution >= 4 is 17.7 Å². The molecule has 1 aliphatic carbocycles. The molecule has 19 heavy (non-hydrogen) atoms. The van der Waals surface area contributed by atoms with Gasteiger partial charge in [-0.15, -0.1) is 0 Å². The zero-order chi connectivity index (χ0) is 14.0. The molecule has 6 heteroatoms. The first-order valence-electron chi connectivity index (χ1n) is 6.02. The summed E-state index contributed by atoms with van der Waals surface area (Å²) < 4.78 is 13.5. The van der Waals surface area contributed by atoms with E-state index in [9.17, 15) is 14.0 Å². The van der Waals surface area contributed by atoms with E-state index in [1.807, 2.05) is 6.92 Å². The van der Waals surface area contributed by atoms with E-state index in [1.54, 1.807) is 0 Å². The van der Waals surface area contributed by atoms with Gasteiger partial charge in [-0.25, -0.2) is 14.0 Å². The Balaban J connectivity index is 2.07. The number of carbonyl (C=O) groups excluding carboxylic acids is 1. The predicted octanol–water partition coefficient (Wildman–Crippen LogP) is 2.59. The van der Waals surface area contributed by atoms with E-state index < -0.39 is 17.8 Å². The van der Waals surface area contributed by atoms with Crippen molar-refractivity contribution in [3.8, 4) is 0 Å². The van der Waals surface area contributed by atoms with Gasteiger partial charge in [-0.3, -0.25) is 0 Å². The van der Waals surface area contributed by atoms with Crippen LogP contribution in [0, 0.1) is 5.82 Å². The number of carbonyl (C=O) groups is 2. The molecule has 1 aromatic rings. The topological polar surface area (TPSA) is 78.4 Å². The third-order valence-electron chi connectivity index (χ3n) is 3.33. The molecular weight excluding hydrogens is 251 g/mol. The normalized spacial score (nSPS) is 16.3. The third-order valence-corrected chi connectivity index (χ3v) is 3.33. The van der Waals surface area contributed by atoms with Gasteiger partial charge in [0.15, 0.2) is 0 Å². The van der Waals surface area contributed by atoms with Crippen LogP contribution in [0.4, 0.5) is 14.9 Å². The lowest BCUT2D eigenvalue weighted by molar-refractivity contribution is 0.0697. The minimum Gasteiger partial charge on any atom is -0.478 e. The van der Waals surface area contributed by atoms with Gasteiger partial charge >= 0.3 is 12.0 Å². The quantitative estimate of drug-likeness (QED) is 0.786. The fraction of sp³-hybridized carbons (Fsp3) is 0.385. The highest BCUT2D eigenvalue weighted by atomic mass is 19.1. The molecule has 0 aliphatic heterocycles. The number of hydrogen-bond acceptors (Lipinski definition) is 2. The van der Waals surface area contributed by atoms with Crippen molar-refractivity contribution in [2.24, 2.45) is 0 Å². The molecule has 2 amide bonds. The standard InChI is InChI=1S/C13H15FN2O3/c1-13(5-2-6-13)16-12(19)15-10-7-8(11(17)18)3-4-9(10)14/h3-4,7H,2,5-6H2,1H3,(H,17,18)(H2,15,16,19). The van der Waals surface area contributed by atoms with Gasteiger partial charge in [-0.2, -0.15) is 0 Å². The highest BCUT2D eigenvalue weighted by Crippen LogP contribution is 2.31. The van der Waals surface area contributed by atoms with E-state index >= 15 is 0 Å². The number of rotatable bonds is 3. The largest absolute Gasteiger partial charge is 0.478 e. The number of anilines is 1. The van der Waals surface area contributed by atoms with Gasteiger partial charge < -0.3 is 15.7 Å². The van der Waals surface area contributed by atoms with E-state index in [2.05, 4.69) is 10.6 Å². The van der Waals surface area contributed by atoms with Crippen LogP contribution in [-0.4, -0.2) is 22.6 Å².